The van der Waals surface area contributed by atoms with Gasteiger partial charge in [-0.15, -0.1) is 0 Å². The number of nitrogens with zero attached hydrogens (tertiary/aromatic N) is 1. The Labute approximate surface area is 175 Å². The molecule has 5 nitrogen and oxygen atoms in total. The smallest absolute Gasteiger partial charge is 0.253 e. The number of hydrogen-bond acceptors (Lipinski definition) is 3. The van der Waals surface area contributed by atoms with E-state index in [1.54, 1.807) is 29.2 Å². The lowest BCUT2D eigenvalue weighted by Crippen LogP contribution is -2.39. The van der Waals surface area contributed by atoms with Gasteiger partial charge in [0.05, 0.1) is 6.61 Å². The molecule has 0 radical (unpaired) electrons. The predicted molar refractivity (Wildman–Crippen MR) is 110 cm³/mol. The zero-order chi connectivity index (χ0) is 21.7. The topological polar surface area (TPSA) is 58.6 Å². The zero-order valence-corrected chi connectivity index (χ0v) is 17.2. The van der Waals surface area contributed by atoms with Crippen molar-refractivity contribution in [2.24, 2.45) is 5.92 Å². The summed E-state index contributed by atoms with van der Waals surface area (Å²) < 4.78 is 32.3. The molecule has 0 aliphatic carbocycles. The summed E-state index contributed by atoms with van der Waals surface area (Å²) in [5.74, 6) is -1.40. The maximum absolute atomic E-state index is 13.4. The zero-order valence-electron chi connectivity index (χ0n) is 17.2. The van der Waals surface area contributed by atoms with E-state index in [9.17, 15) is 18.4 Å². The molecule has 7 heteroatoms. The molecule has 2 amide bonds. The van der Waals surface area contributed by atoms with Crippen LogP contribution in [-0.4, -0.2) is 42.5 Å². The van der Waals surface area contributed by atoms with Gasteiger partial charge in [0, 0.05) is 30.3 Å². The maximum atomic E-state index is 13.4. The van der Waals surface area contributed by atoms with Gasteiger partial charge in [0.1, 0.15) is 5.75 Å². The van der Waals surface area contributed by atoms with E-state index < -0.39 is 11.6 Å². The van der Waals surface area contributed by atoms with Crippen molar-refractivity contribution in [3.8, 4) is 5.75 Å². The van der Waals surface area contributed by atoms with Gasteiger partial charge in [-0.05, 0) is 75.1 Å². The van der Waals surface area contributed by atoms with Gasteiger partial charge in [-0.2, -0.15) is 0 Å². The summed E-state index contributed by atoms with van der Waals surface area (Å²) in [5.41, 5.74) is 0.741. The molecule has 0 atom stereocenters. The van der Waals surface area contributed by atoms with Crippen LogP contribution in [0, 0.1) is 17.6 Å². The maximum Gasteiger partial charge on any atom is 0.253 e. The molecule has 2 aromatic rings. The van der Waals surface area contributed by atoms with E-state index in [0.29, 0.717) is 36.9 Å². The van der Waals surface area contributed by atoms with Crippen LogP contribution in [0.3, 0.4) is 0 Å². The van der Waals surface area contributed by atoms with Crippen molar-refractivity contribution < 1.29 is 23.1 Å². The number of amides is 2. The highest BCUT2D eigenvalue weighted by atomic mass is 19.2. The largest absolute Gasteiger partial charge is 0.493 e. The number of piperidine rings is 1. The lowest BCUT2D eigenvalue weighted by Gasteiger charge is -2.32. The Kier molecular flexibility index (Phi) is 7.03. The summed E-state index contributed by atoms with van der Waals surface area (Å²) >= 11 is 0. The van der Waals surface area contributed by atoms with Crippen LogP contribution in [0.25, 0.3) is 0 Å². The molecule has 3 rings (SSSR count). The van der Waals surface area contributed by atoms with Crippen LogP contribution < -0.4 is 10.1 Å². The number of benzene rings is 2. The van der Waals surface area contributed by atoms with Gasteiger partial charge in [0.15, 0.2) is 11.6 Å². The fourth-order valence-corrected chi connectivity index (χ4v) is 3.38. The average Bonchev–Trinajstić information content (AvgIpc) is 2.74. The molecule has 1 heterocycles. The Hall–Kier alpha value is -2.96. The first kappa shape index (κ1) is 21.7. The fourth-order valence-electron chi connectivity index (χ4n) is 3.38. The number of nitrogens with one attached hydrogen (secondary N) is 1. The molecule has 1 N–H and O–H groups in total. The molecule has 2 aromatic carbocycles. The Balaban J connectivity index is 1.46. The lowest BCUT2D eigenvalue weighted by atomic mass is 9.97. The first-order valence-corrected chi connectivity index (χ1v) is 10.1. The number of hydrogen-bond donors (Lipinski definition) is 1. The number of halogens is 2. The summed E-state index contributed by atoms with van der Waals surface area (Å²) in [6.45, 7) is 5.42. The normalized spacial score (nSPS) is 14.6. The number of carbonyl (C=O) groups excluding carboxylic acids is 2. The molecular formula is C23H26F2N2O3. The third-order valence-corrected chi connectivity index (χ3v) is 5.09. The van der Waals surface area contributed by atoms with Crippen molar-refractivity contribution in [3.63, 3.8) is 0 Å². The molecule has 1 aliphatic heterocycles. The van der Waals surface area contributed by atoms with Gasteiger partial charge in [-0.3, -0.25) is 9.59 Å². The third-order valence-electron chi connectivity index (χ3n) is 5.09. The molecule has 0 saturated carbocycles. The second-order valence-electron chi connectivity index (χ2n) is 7.83. The summed E-state index contributed by atoms with van der Waals surface area (Å²) in [6.07, 6.45) is 1.54. The van der Waals surface area contributed by atoms with E-state index in [4.69, 9.17) is 4.74 Å². The fraction of sp³-hybridized carbons (Fsp3) is 0.391. The quantitative estimate of drug-likeness (QED) is 0.773. The summed E-state index contributed by atoms with van der Waals surface area (Å²) in [7, 11) is 0. The van der Waals surface area contributed by atoms with Crippen LogP contribution in [0.1, 0.15) is 47.4 Å². The Morgan fingerprint density at radius 1 is 1.03 bits per heavy atom. The minimum atomic E-state index is -1.02. The lowest BCUT2D eigenvalue weighted by molar-refractivity contribution is 0.0660. The minimum Gasteiger partial charge on any atom is -0.493 e. The van der Waals surface area contributed by atoms with Crippen LogP contribution in [-0.2, 0) is 0 Å². The second kappa shape index (κ2) is 9.69. The third kappa shape index (κ3) is 5.55. The van der Waals surface area contributed by atoms with Gasteiger partial charge in [-0.1, -0.05) is 0 Å². The van der Waals surface area contributed by atoms with Crippen LogP contribution in [0.15, 0.2) is 42.5 Å². The first-order valence-electron chi connectivity index (χ1n) is 10.1. The predicted octanol–water partition coefficient (Wildman–Crippen LogP) is 4.03. The number of carbonyl (C=O) groups is 2. The monoisotopic (exact) mass is 416 g/mol. The summed E-state index contributed by atoms with van der Waals surface area (Å²) in [4.78, 5) is 26.1. The summed E-state index contributed by atoms with van der Waals surface area (Å²) in [6, 6.07) is 10.3. The van der Waals surface area contributed by atoms with Crippen molar-refractivity contribution in [2.75, 3.05) is 19.7 Å². The van der Waals surface area contributed by atoms with Crippen molar-refractivity contribution >= 4 is 11.8 Å². The highest BCUT2D eigenvalue weighted by molar-refractivity contribution is 5.94. The molecular weight excluding hydrogens is 390 g/mol. The molecule has 0 spiro atoms. The van der Waals surface area contributed by atoms with Gasteiger partial charge in [-0.25, -0.2) is 8.78 Å². The number of likely N-dealkylation sites (tertiary alicyclic amines) is 1. The Morgan fingerprint density at radius 2 is 1.67 bits per heavy atom. The molecule has 1 saturated heterocycles. The molecule has 0 unspecified atom stereocenters. The van der Waals surface area contributed by atoms with Crippen LogP contribution in [0.5, 0.6) is 5.75 Å². The van der Waals surface area contributed by atoms with E-state index in [1.165, 1.54) is 6.07 Å². The minimum absolute atomic E-state index is 0.0771. The van der Waals surface area contributed by atoms with Gasteiger partial charge in [0.25, 0.3) is 11.8 Å². The van der Waals surface area contributed by atoms with Crippen LogP contribution in [0.2, 0.25) is 0 Å². The molecule has 30 heavy (non-hydrogen) atoms. The molecule has 160 valence electrons. The van der Waals surface area contributed by atoms with Crippen molar-refractivity contribution in [3.05, 3.63) is 65.2 Å². The highest BCUT2D eigenvalue weighted by Gasteiger charge is 2.24. The molecule has 1 aliphatic rings. The van der Waals surface area contributed by atoms with E-state index >= 15 is 0 Å². The van der Waals surface area contributed by atoms with E-state index in [-0.39, 0.29) is 23.4 Å². The highest BCUT2D eigenvalue weighted by Crippen LogP contribution is 2.22. The SMILES string of the molecule is CC(C)NC(=O)c1ccc(OCC2CCN(C(=O)c3ccc(F)c(F)c3)CC2)cc1. The first-order chi connectivity index (χ1) is 14.3. The standard InChI is InChI=1S/C23H26F2N2O3/c1-15(2)26-22(28)17-3-6-19(7-4-17)30-14-16-9-11-27(12-10-16)23(29)18-5-8-20(24)21(25)13-18/h3-8,13,15-16H,9-12,14H2,1-2H3,(H,26,28). The average molecular weight is 416 g/mol. The molecule has 1 fully saturated rings. The van der Waals surface area contributed by atoms with Gasteiger partial charge in [0.2, 0.25) is 0 Å². The van der Waals surface area contributed by atoms with Crippen molar-refractivity contribution in [2.45, 2.75) is 32.7 Å². The van der Waals surface area contributed by atoms with E-state index in [1.807, 2.05) is 13.8 Å². The van der Waals surface area contributed by atoms with Gasteiger partial charge < -0.3 is 15.0 Å². The second-order valence-corrected chi connectivity index (χ2v) is 7.83. The summed E-state index contributed by atoms with van der Waals surface area (Å²) in [5, 5.41) is 2.84. The Bertz CT molecular complexity index is 892. The number of rotatable bonds is 6. The van der Waals surface area contributed by atoms with E-state index in [2.05, 4.69) is 5.32 Å². The van der Waals surface area contributed by atoms with Gasteiger partial charge >= 0.3 is 0 Å². The van der Waals surface area contributed by atoms with E-state index in [0.717, 1.165) is 25.0 Å². The Morgan fingerprint density at radius 3 is 2.27 bits per heavy atom. The number of ether oxygens (including phenoxy) is 1. The molecule has 0 aromatic heterocycles. The van der Waals surface area contributed by atoms with Crippen LogP contribution in [0.4, 0.5) is 8.78 Å². The van der Waals surface area contributed by atoms with Crippen LogP contribution >= 0.6 is 0 Å². The van der Waals surface area contributed by atoms with Crippen molar-refractivity contribution in [1.29, 1.82) is 0 Å². The van der Waals surface area contributed by atoms with Crippen molar-refractivity contribution in [1.82, 2.24) is 10.2 Å². The molecule has 0 bridgehead atoms.